The Kier molecular flexibility index (Phi) is 0.665. The summed E-state index contributed by atoms with van der Waals surface area (Å²) in [5.41, 5.74) is 0.0313. The standard InChI is InChI=1S/C8H10O/c1-7(2)8(9-7)5-3-4-6-8/h3-6H,1-2H3. The second kappa shape index (κ2) is 1.14. The molecule has 1 heterocycles. The molecule has 9 heavy (non-hydrogen) atoms. The quantitative estimate of drug-likeness (QED) is 0.445. The Morgan fingerprint density at radius 1 is 1.11 bits per heavy atom. The van der Waals surface area contributed by atoms with Crippen LogP contribution in [-0.4, -0.2) is 11.2 Å². The molecule has 1 heteroatoms. The minimum Gasteiger partial charge on any atom is -0.354 e. The average Bonchev–Trinajstić information content (AvgIpc) is 2.27. The third-order valence-electron chi connectivity index (χ3n) is 2.12. The summed E-state index contributed by atoms with van der Waals surface area (Å²) in [6.45, 7) is 4.21. The van der Waals surface area contributed by atoms with E-state index in [1.165, 1.54) is 0 Å². The highest BCUT2D eigenvalue weighted by atomic mass is 16.6. The van der Waals surface area contributed by atoms with Gasteiger partial charge in [-0.15, -0.1) is 0 Å². The van der Waals surface area contributed by atoms with Crippen LogP contribution in [0.4, 0.5) is 0 Å². The van der Waals surface area contributed by atoms with E-state index in [-0.39, 0.29) is 11.2 Å². The summed E-state index contributed by atoms with van der Waals surface area (Å²) in [5, 5.41) is 0. The largest absolute Gasteiger partial charge is 0.354 e. The predicted molar refractivity (Wildman–Crippen MR) is 36.2 cm³/mol. The Bertz CT molecular complexity index is 187. The molecule has 1 saturated heterocycles. The summed E-state index contributed by atoms with van der Waals surface area (Å²) in [4.78, 5) is 0. The summed E-state index contributed by atoms with van der Waals surface area (Å²) in [6.07, 6.45) is 8.28. The zero-order valence-corrected chi connectivity index (χ0v) is 5.72. The molecule has 1 aliphatic carbocycles. The molecule has 0 saturated carbocycles. The van der Waals surface area contributed by atoms with Gasteiger partial charge >= 0.3 is 0 Å². The topological polar surface area (TPSA) is 12.5 Å². The van der Waals surface area contributed by atoms with E-state index in [4.69, 9.17) is 4.74 Å². The number of rotatable bonds is 0. The second-order valence-corrected chi connectivity index (χ2v) is 3.12. The van der Waals surface area contributed by atoms with Gasteiger partial charge in [0.2, 0.25) is 0 Å². The number of allylic oxidation sites excluding steroid dienone is 2. The summed E-state index contributed by atoms with van der Waals surface area (Å²) in [6, 6.07) is 0. The molecule has 1 nitrogen and oxygen atoms in total. The maximum Gasteiger partial charge on any atom is 0.134 e. The van der Waals surface area contributed by atoms with Crippen LogP contribution < -0.4 is 0 Å². The van der Waals surface area contributed by atoms with Gasteiger partial charge in [0.25, 0.3) is 0 Å². The lowest BCUT2D eigenvalue weighted by Crippen LogP contribution is -2.12. The van der Waals surface area contributed by atoms with E-state index in [0.717, 1.165) is 0 Å². The van der Waals surface area contributed by atoms with Gasteiger partial charge in [-0.2, -0.15) is 0 Å². The van der Waals surface area contributed by atoms with Gasteiger partial charge in [0, 0.05) is 0 Å². The van der Waals surface area contributed by atoms with Gasteiger partial charge in [0.1, 0.15) is 11.2 Å². The van der Waals surface area contributed by atoms with Crippen molar-refractivity contribution < 1.29 is 4.74 Å². The van der Waals surface area contributed by atoms with Crippen molar-refractivity contribution in [2.45, 2.75) is 25.0 Å². The molecular weight excluding hydrogens is 112 g/mol. The molecule has 0 unspecified atom stereocenters. The van der Waals surface area contributed by atoms with Crippen LogP contribution in [0.5, 0.6) is 0 Å². The molecule has 2 aliphatic rings. The van der Waals surface area contributed by atoms with Gasteiger partial charge in [0.05, 0.1) is 0 Å². The molecule has 0 aromatic rings. The van der Waals surface area contributed by atoms with Crippen molar-refractivity contribution >= 4 is 0 Å². The second-order valence-electron chi connectivity index (χ2n) is 3.12. The smallest absolute Gasteiger partial charge is 0.134 e. The van der Waals surface area contributed by atoms with E-state index in [1.54, 1.807) is 0 Å². The molecule has 0 aromatic carbocycles. The summed E-state index contributed by atoms with van der Waals surface area (Å²) in [7, 11) is 0. The van der Waals surface area contributed by atoms with Crippen LogP contribution in [0.2, 0.25) is 0 Å². The zero-order valence-electron chi connectivity index (χ0n) is 5.72. The molecule has 0 radical (unpaired) electrons. The van der Waals surface area contributed by atoms with Gasteiger partial charge in [-0.05, 0) is 26.0 Å². The summed E-state index contributed by atoms with van der Waals surface area (Å²) >= 11 is 0. The average molecular weight is 122 g/mol. The van der Waals surface area contributed by atoms with Crippen molar-refractivity contribution in [3.8, 4) is 0 Å². The Morgan fingerprint density at radius 2 is 1.56 bits per heavy atom. The Labute approximate surface area is 55.0 Å². The summed E-state index contributed by atoms with van der Waals surface area (Å²) < 4.78 is 5.48. The molecular formula is C8H10O. The van der Waals surface area contributed by atoms with Crippen LogP contribution >= 0.6 is 0 Å². The van der Waals surface area contributed by atoms with Crippen LogP contribution in [0.25, 0.3) is 0 Å². The molecule has 0 amide bonds. The molecule has 0 aromatic heterocycles. The molecule has 1 fully saturated rings. The first-order valence-corrected chi connectivity index (χ1v) is 3.24. The fourth-order valence-corrected chi connectivity index (χ4v) is 1.32. The third kappa shape index (κ3) is 0.479. The Balaban J connectivity index is 2.34. The molecule has 0 N–H and O–H groups in total. The highest BCUT2D eigenvalue weighted by Gasteiger charge is 2.60. The van der Waals surface area contributed by atoms with E-state index in [9.17, 15) is 0 Å². The Hall–Kier alpha value is -0.560. The molecule has 1 spiro atoms. The van der Waals surface area contributed by atoms with Gasteiger partial charge < -0.3 is 4.74 Å². The van der Waals surface area contributed by atoms with E-state index in [1.807, 2.05) is 12.2 Å². The van der Waals surface area contributed by atoms with Gasteiger partial charge in [-0.25, -0.2) is 0 Å². The van der Waals surface area contributed by atoms with Crippen LogP contribution in [0.3, 0.4) is 0 Å². The minimum absolute atomic E-state index is 0.0208. The van der Waals surface area contributed by atoms with E-state index in [0.29, 0.717) is 0 Å². The molecule has 2 rings (SSSR count). The van der Waals surface area contributed by atoms with Crippen LogP contribution in [0, 0.1) is 0 Å². The monoisotopic (exact) mass is 122 g/mol. The van der Waals surface area contributed by atoms with Crippen molar-refractivity contribution in [1.29, 1.82) is 0 Å². The van der Waals surface area contributed by atoms with Crippen LogP contribution in [0.15, 0.2) is 24.3 Å². The Morgan fingerprint density at radius 3 is 1.78 bits per heavy atom. The fourth-order valence-electron chi connectivity index (χ4n) is 1.32. The fraction of sp³-hybridized carbons (Fsp3) is 0.500. The maximum atomic E-state index is 5.48. The van der Waals surface area contributed by atoms with E-state index in [2.05, 4.69) is 26.0 Å². The van der Waals surface area contributed by atoms with Crippen LogP contribution in [0.1, 0.15) is 13.8 Å². The van der Waals surface area contributed by atoms with Crippen molar-refractivity contribution in [2.75, 3.05) is 0 Å². The highest BCUT2D eigenvalue weighted by molar-refractivity contribution is 5.39. The van der Waals surface area contributed by atoms with Gasteiger partial charge in [0.15, 0.2) is 0 Å². The normalized spacial score (nSPS) is 31.8. The number of ether oxygens (including phenoxy) is 1. The molecule has 0 bridgehead atoms. The minimum atomic E-state index is -0.0208. The van der Waals surface area contributed by atoms with Gasteiger partial charge in [-0.1, -0.05) is 12.2 Å². The molecule has 0 atom stereocenters. The first-order valence-electron chi connectivity index (χ1n) is 3.24. The highest BCUT2D eigenvalue weighted by Crippen LogP contribution is 2.51. The SMILES string of the molecule is CC1(C)OC12C=CC=C2. The first kappa shape index (κ1) is 5.24. The predicted octanol–water partition coefficient (Wildman–Crippen LogP) is 1.66. The summed E-state index contributed by atoms with van der Waals surface area (Å²) in [5.74, 6) is 0. The molecule has 1 aliphatic heterocycles. The third-order valence-corrected chi connectivity index (χ3v) is 2.12. The van der Waals surface area contributed by atoms with Crippen molar-refractivity contribution in [1.82, 2.24) is 0 Å². The first-order chi connectivity index (χ1) is 4.16. The van der Waals surface area contributed by atoms with E-state index >= 15 is 0 Å². The lowest BCUT2D eigenvalue weighted by molar-refractivity contribution is 0.318. The lowest BCUT2D eigenvalue weighted by atomic mass is 9.98. The van der Waals surface area contributed by atoms with Crippen molar-refractivity contribution in [3.05, 3.63) is 24.3 Å². The zero-order chi connectivity index (χ0) is 6.54. The number of hydrogen-bond donors (Lipinski definition) is 0. The molecule has 48 valence electrons. The lowest BCUT2D eigenvalue weighted by Gasteiger charge is -1.97. The van der Waals surface area contributed by atoms with Gasteiger partial charge in [-0.3, -0.25) is 0 Å². The number of epoxide rings is 1. The van der Waals surface area contributed by atoms with Crippen molar-refractivity contribution in [2.24, 2.45) is 0 Å². The van der Waals surface area contributed by atoms with Crippen molar-refractivity contribution in [3.63, 3.8) is 0 Å². The maximum absolute atomic E-state index is 5.48. The van der Waals surface area contributed by atoms with Crippen LogP contribution in [-0.2, 0) is 4.74 Å². The van der Waals surface area contributed by atoms with E-state index < -0.39 is 0 Å². The number of hydrogen-bond acceptors (Lipinski definition) is 1.